The second-order valence-corrected chi connectivity index (χ2v) is 5.22. The van der Waals surface area contributed by atoms with Crippen LogP contribution in [0.15, 0.2) is 0 Å². The van der Waals surface area contributed by atoms with Gasteiger partial charge in [0, 0.05) is 19.1 Å². The van der Waals surface area contributed by atoms with Gasteiger partial charge in [-0.3, -0.25) is 4.79 Å². The van der Waals surface area contributed by atoms with Crippen LogP contribution in [-0.4, -0.2) is 41.1 Å². The first kappa shape index (κ1) is 15.8. The molecule has 0 aromatic rings. The zero-order valence-corrected chi connectivity index (χ0v) is 12.0. The minimum atomic E-state index is -0.786. The van der Waals surface area contributed by atoms with Crippen molar-refractivity contribution >= 4 is 12.0 Å². The lowest BCUT2D eigenvalue weighted by molar-refractivity contribution is -0.142. The second kappa shape index (κ2) is 8.02. The maximum atomic E-state index is 12.1. The molecular formula is C14H26N2O3. The number of carboxylic acids is 1. The van der Waals surface area contributed by atoms with Crippen molar-refractivity contribution in [2.24, 2.45) is 5.92 Å². The quantitative estimate of drug-likeness (QED) is 0.754. The molecule has 0 heterocycles. The molecule has 1 saturated carbocycles. The van der Waals surface area contributed by atoms with E-state index in [0.717, 1.165) is 32.1 Å². The first-order valence-electron chi connectivity index (χ1n) is 7.38. The number of carbonyl (C=O) groups excluding carboxylic acids is 1. The van der Waals surface area contributed by atoms with Gasteiger partial charge in [0.2, 0.25) is 0 Å². The molecule has 110 valence electrons. The van der Waals surface area contributed by atoms with E-state index in [1.54, 1.807) is 4.90 Å². The molecule has 5 heteroatoms. The van der Waals surface area contributed by atoms with E-state index in [0.29, 0.717) is 19.5 Å². The molecular weight excluding hydrogens is 244 g/mol. The molecule has 2 atom stereocenters. The number of nitrogens with zero attached hydrogens (tertiary/aromatic N) is 1. The fourth-order valence-electron chi connectivity index (χ4n) is 2.70. The third kappa shape index (κ3) is 4.73. The topological polar surface area (TPSA) is 69.6 Å². The van der Waals surface area contributed by atoms with Gasteiger partial charge in [0.05, 0.1) is 5.92 Å². The normalized spacial score (nSPS) is 23.5. The number of urea groups is 1. The van der Waals surface area contributed by atoms with Crippen molar-refractivity contribution in [3.63, 3.8) is 0 Å². The lowest BCUT2D eigenvalue weighted by Crippen LogP contribution is -2.49. The molecule has 0 radical (unpaired) electrons. The largest absolute Gasteiger partial charge is 0.481 e. The Bertz CT molecular complexity index is 307. The molecule has 1 aliphatic rings. The molecule has 2 N–H and O–H groups in total. The first-order valence-corrected chi connectivity index (χ1v) is 7.38. The van der Waals surface area contributed by atoms with Crippen LogP contribution in [0.25, 0.3) is 0 Å². The highest BCUT2D eigenvalue weighted by molar-refractivity contribution is 5.76. The average molecular weight is 270 g/mol. The van der Waals surface area contributed by atoms with Crippen molar-refractivity contribution in [2.45, 2.75) is 58.4 Å². The van der Waals surface area contributed by atoms with Crippen molar-refractivity contribution in [2.75, 3.05) is 13.1 Å². The Hall–Kier alpha value is -1.26. The van der Waals surface area contributed by atoms with Crippen LogP contribution in [0.5, 0.6) is 0 Å². The minimum Gasteiger partial charge on any atom is -0.481 e. The number of nitrogens with one attached hydrogen (secondary N) is 1. The summed E-state index contributed by atoms with van der Waals surface area (Å²) >= 11 is 0. The predicted octanol–water partition coefficient (Wildman–Crippen LogP) is 2.46. The van der Waals surface area contributed by atoms with Gasteiger partial charge in [-0.15, -0.1) is 0 Å². The average Bonchev–Trinajstić information content (AvgIpc) is 2.61. The van der Waals surface area contributed by atoms with Gasteiger partial charge >= 0.3 is 12.0 Å². The summed E-state index contributed by atoms with van der Waals surface area (Å²) in [5.41, 5.74) is 0. The van der Waals surface area contributed by atoms with Crippen LogP contribution in [0.2, 0.25) is 0 Å². The lowest BCUT2D eigenvalue weighted by Gasteiger charge is -2.27. The summed E-state index contributed by atoms with van der Waals surface area (Å²) in [4.78, 5) is 25.2. The van der Waals surface area contributed by atoms with Gasteiger partial charge in [-0.25, -0.2) is 4.79 Å². The van der Waals surface area contributed by atoms with Crippen LogP contribution in [-0.2, 0) is 4.79 Å². The summed E-state index contributed by atoms with van der Waals surface area (Å²) in [7, 11) is 0. The Morgan fingerprint density at radius 2 is 1.89 bits per heavy atom. The molecule has 2 unspecified atom stereocenters. The summed E-state index contributed by atoms with van der Waals surface area (Å²) in [6, 6.07) is -0.346. The van der Waals surface area contributed by atoms with Crippen molar-refractivity contribution in [3.05, 3.63) is 0 Å². The summed E-state index contributed by atoms with van der Waals surface area (Å²) in [6.07, 6.45) is 5.34. The van der Waals surface area contributed by atoms with E-state index in [9.17, 15) is 14.7 Å². The van der Waals surface area contributed by atoms with E-state index in [4.69, 9.17) is 0 Å². The zero-order valence-electron chi connectivity index (χ0n) is 12.0. The van der Waals surface area contributed by atoms with E-state index in [1.165, 1.54) is 0 Å². The van der Waals surface area contributed by atoms with Crippen LogP contribution in [0.1, 0.15) is 52.4 Å². The smallest absolute Gasteiger partial charge is 0.317 e. The number of hydrogen-bond donors (Lipinski definition) is 2. The third-order valence-electron chi connectivity index (χ3n) is 3.80. The molecule has 0 bridgehead atoms. The zero-order chi connectivity index (χ0) is 14.3. The summed E-state index contributed by atoms with van der Waals surface area (Å²) in [5.74, 6) is -1.22. The van der Waals surface area contributed by atoms with Gasteiger partial charge in [-0.2, -0.15) is 0 Å². The van der Waals surface area contributed by atoms with Gasteiger partial charge in [0.25, 0.3) is 0 Å². The monoisotopic (exact) mass is 270 g/mol. The number of rotatable bonds is 5. The molecule has 0 saturated heterocycles. The van der Waals surface area contributed by atoms with Crippen LogP contribution in [0, 0.1) is 5.92 Å². The molecule has 0 aromatic carbocycles. The SMILES string of the molecule is CCCN(CC)C(=O)NC1CCCCCC1C(=O)O. The van der Waals surface area contributed by atoms with Crippen molar-refractivity contribution in [3.8, 4) is 0 Å². The lowest BCUT2D eigenvalue weighted by atomic mass is 9.95. The van der Waals surface area contributed by atoms with Crippen LogP contribution >= 0.6 is 0 Å². The minimum absolute atomic E-state index is 0.123. The molecule has 2 amide bonds. The van der Waals surface area contributed by atoms with E-state index in [-0.39, 0.29) is 12.1 Å². The van der Waals surface area contributed by atoms with Crippen LogP contribution < -0.4 is 5.32 Å². The number of carboxylic acid groups (broad SMARTS) is 1. The number of hydrogen-bond acceptors (Lipinski definition) is 2. The van der Waals surface area contributed by atoms with Gasteiger partial charge in [0.15, 0.2) is 0 Å². The number of amides is 2. The highest BCUT2D eigenvalue weighted by Crippen LogP contribution is 2.24. The number of carbonyl (C=O) groups is 2. The summed E-state index contributed by atoms with van der Waals surface area (Å²) in [6.45, 7) is 5.34. The Kier molecular flexibility index (Phi) is 6.67. The molecule has 1 rings (SSSR count). The maximum Gasteiger partial charge on any atom is 0.317 e. The molecule has 1 fully saturated rings. The molecule has 0 aromatic heterocycles. The Morgan fingerprint density at radius 3 is 2.47 bits per heavy atom. The molecule has 19 heavy (non-hydrogen) atoms. The first-order chi connectivity index (χ1) is 9.10. The predicted molar refractivity (Wildman–Crippen MR) is 74.1 cm³/mol. The fraction of sp³-hybridized carbons (Fsp3) is 0.857. The molecule has 0 aliphatic heterocycles. The van der Waals surface area contributed by atoms with Crippen LogP contribution in [0.3, 0.4) is 0 Å². The highest BCUT2D eigenvalue weighted by Gasteiger charge is 2.31. The van der Waals surface area contributed by atoms with Gasteiger partial charge < -0.3 is 15.3 Å². The van der Waals surface area contributed by atoms with E-state index < -0.39 is 11.9 Å². The maximum absolute atomic E-state index is 12.1. The van der Waals surface area contributed by atoms with E-state index in [2.05, 4.69) is 5.32 Å². The van der Waals surface area contributed by atoms with Crippen molar-refractivity contribution in [1.82, 2.24) is 10.2 Å². The molecule has 1 aliphatic carbocycles. The van der Waals surface area contributed by atoms with Gasteiger partial charge in [-0.1, -0.05) is 26.2 Å². The Labute approximate surface area is 115 Å². The Balaban J connectivity index is 2.64. The standard InChI is InChI=1S/C14H26N2O3/c1-3-10-16(4-2)14(19)15-12-9-7-5-6-8-11(12)13(17)18/h11-12H,3-10H2,1-2H3,(H,15,19)(H,17,18). The third-order valence-corrected chi connectivity index (χ3v) is 3.80. The van der Waals surface area contributed by atoms with Gasteiger partial charge in [0.1, 0.15) is 0 Å². The van der Waals surface area contributed by atoms with Crippen LogP contribution in [0.4, 0.5) is 4.79 Å². The van der Waals surface area contributed by atoms with Crippen molar-refractivity contribution < 1.29 is 14.7 Å². The van der Waals surface area contributed by atoms with Gasteiger partial charge in [-0.05, 0) is 26.2 Å². The summed E-state index contributed by atoms with van der Waals surface area (Å²) < 4.78 is 0. The summed E-state index contributed by atoms with van der Waals surface area (Å²) in [5, 5.41) is 12.2. The number of aliphatic carboxylic acids is 1. The van der Waals surface area contributed by atoms with Crippen molar-refractivity contribution in [1.29, 1.82) is 0 Å². The molecule has 5 nitrogen and oxygen atoms in total. The van der Waals surface area contributed by atoms with E-state index in [1.807, 2.05) is 13.8 Å². The molecule has 0 spiro atoms. The Morgan fingerprint density at radius 1 is 1.21 bits per heavy atom. The van der Waals surface area contributed by atoms with E-state index >= 15 is 0 Å². The fourth-order valence-corrected chi connectivity index (χ4v) is 2.70. The highest BCUT2D eigenvalue weighted by atomic mass is 16.4. The second-order valence-electron chi connectivity index (χ2n) is 5.22.